The lowest BCUT2D eigenvalue weighted by Gasteiger charge is -2.29. The molecule has 0 saturated heterocycles. The highest BCUT2D eigenvalue weighted by atomic mass is 16.4. The number of rotatable bonds is 6. The van der Waals surface area contributed by atoms with Gasteiger partial charge in [0, 0.05) is 6.04 Å². The first-order valence-electron chi connectivity index (χ1n) is 7.72. The minimum absolute atomic E-state index is 0.236. The number of carboxylic acids is 1. The minimum Gasteiger partial charge on any atom is -0.480 e. The van der Waals surface area contributed by atoms with Crippen molar-refractivity contribution in [3.05, 3.63) is 35.4 Å². The second kappa shape index (κ2) is 7.40. The molecule has 120 valence electrons. The zero-order valence-corrected chi connectivity index (χ0v) is 13.2. The van der Waals surface area contributed by atoms with Crippen molar-refractivity contribution in [1.82, 2.24) is 10.2 Å². The average molecular weight is 304 g/mol. The van der Waals surface area contributed by atoms with Gasteiger partial charge in [-0.1, -0.05) is 36.2 Å². The van der Waals surface area contributed by atoms with E-state index in [2.05, 4.69) is 41.4 Å². The van der Waals surface area contributed by atoms with Crippen LogP contribution in [0.2, 0.25) is 0 Å². The summed E-state index contributed by atoms with van der Waals surface area (Å²) in [6.07, 6.45) is 3.36. The zero-order valence-electron chi connectivity index (χ0n) is 13.2. The molecule has 5 heteroatoms. The number of likely N-dealkylation sites (N-methyl/N-ethyl adjacent to an activating group) is 1. The first kappa shape index (κ1) is 16.5. The predicted molar refractivity (Wildman–Crippen MR) is 84.8 cm³/mol. The van der Waals surface area contributed by atoms with Crippen LogP contribution in [0.15, 0.2) is 24.3 Å². The van der Waals surface area contributed by atoms with Crippen LogP contribution in [0, 0.1) is 6.92 Å². The summed E-state index contributed by atoms with van der Waals surface area (Å²) in [5, 5.41) is 11.0. The molecule has 1 aliphatic rings. The molecule has 0 heterocycles. The lowest BCUT2D eigenvalue weighted by Crippen LogP contribution is -2.42. The molecule has 2 rings (SSSR count). The van der Waals surface area contributed by atoms with E-state index in [1.807, 2.05) is 7.05 Å². The van der Waals surface area contributed by atoms with E-state index in [9.17, 15) is 9.59 Å². The number of nitrogens with zero attached hydrogens (tertiary/aromatic N) is 1. The molecular weight excluding hydrogens is 280 g/mol. The summed E-state index contributed by atoms with van der Waals surface area (Å²) in [6, 6.07) is 8.94. The highest BCUT2D eigenvalue weighted by Gasteiger charge is 2.32. The quantitative estimate of drug-likeness (QED) is 0.840. The Bertz CT molecular complexity index is 527. The van der Waals surface area contributed by atoms with Crippen molar-refractivity contribution < 1.29 is 14.7 Å². The van der Waals surface area contributed by atoms with Gasteiger partial charge in [-0.05, 0) is 38.3 Å². The van der Waals surface area contributed by atoms with Crippen LogP contribution in [0.25, 0.3) is 0 Å². The molecule has 0 radical (unpaired) electrons. The number of hydrogen-bond acceptors (Lipinski definition) is 3. The van der Waals surface area contributed by atoms with Crippen LogP contribution < -0.4 is 5.32 Å². The summed E-state index contributed by atoms with van der Waals surface area (Å²) in [6.45, 7) is 1.99. The standard InChI is InChI=1S/C17H24N2O3/c1-12-6-8-13(9-7-12)14-4-3-5-15(14)19(2)11-16(20)18-10-17(21)22/h6-9,14-15H,3-5,10-11H2,1-2H3,(H,18,20)(H,21,22). The number of aryl methyl sites for hydroxylation is 1. The van der Waals surface area contributed by atoms with Gasteiger partial charge in [0.05, 0.1) is 6.54 Å². The van der Waals surface area contributed by atoms with Gasteiger partial charge in [0.2, 0.25) is 5.91 Å². The van der Waals surface area contributed by atoms with Gasteiger partial charge >= 0.3 is 5.97 Å². The highest BCUT2D eigenvalue weighted by molar-refractivity contribution is 5.82. The van der Waals surface area contributed by atoms with Crippen LogP contribution in [0.4, 0.5) is 0 Å². The van der Waals surface area contributed by atoms with Crippen molar-refractivity contribution in [3.8, 4) is 0 Å². The largest absolute Gasteiger partial charge is 0.480 e. The van der Waals surface area contributed by atoms with Gasteiger partial charge < -0.3 is 10.4 Å². The molecule has 5 nitrogen and oxygen atoms in total. The third kappa shape index (κ3) is 4.31. The Morgan fingerprint density at radius 3 is 2.59 bits per heavy atom. The van der Waals surface area contributed by atoms with Gasteiger partial charge in [-0.15, -0.1) is 0 Å². The summed E-state index contributed by atoms with van der Waals surface area (Å²) in [5.41, 5.74) is 2.57. The molecule has 2 atom stereocenters. The van der Waals surface area contributed by atoms with E-state index in [0.29, 0.717) is 12.0 Å². The van der Waals surface area contributed by atoms with Gasteiger partial charge in [-0.2, -0.15) is 0 Å². The molecule has 1 aliphatic carbocycles. The lowest BCUT2D eigenvalue weighted by molar-refractivity contribution is -0.138. The molecule has 0 bridgehead atoms. The monoisotopic (exact) mass is 304 g/mol. The summed E-state index contributed by atoms with van der Waals surface area (Å²) in [4.78, 5) is 24.3. The van der Waals surface area contributed by atoms with Crippen LogP contribution in [-0.4, -0.2) is 48.1 Å². The van der Waals surface area contributed by atoms with E-state index in [-0.39, 0.29) is 19.0 Å². The van der Waals surface area contributed by atoms with E-state index in [0.717, 1.165) is 19.3 Å². The number of carbonyl (C=O) groups excluding carboxylic acids is 1. The summed E-state index contributed by atoms with van der Waals surface area (Å²) < 4.78 is 0. The number of carbonyl (C=O) groups is 2. The van der Waals surface area contributed by atoms with Crippen LogP contribution in [0.1, 0.15) is 36.3 Å². The molecule has 2 unspecified atom stereocenters. The third-order valence-corrected chi connectivity index (χ3v) is 4.38. The third-order valence-electron chi connectivity index (χ3n) is 4.38. The maximum Gasteiger partial charge on any atom is 0.322 e. The Hall–Kier alpha value is -1.88. The van der Waals surface area contributed by atoms with Crippen molar-refractivity contribution in [2.24, 2.45) is 0 Å². The van der Waals surface area contributed by atoms with Gasteiger partial charge in [0.15, 0.2) is 0 Å². The van der Waals surface area contributed by atoms with Gasteiger partial charge in [0.1, 0.15) is 6.54 Å². The van der Waals surface area contributed by atoms with Crippen LogP contribution in [0.5, 0.6) is 0 Å². The van der Waals surface area contributed by atoms with E-state index < -0.39 is 5.97 Å². The van der Waals surface area contributed by atoms with Crippen molar-refractivity contribution in [2.75, 3.05) is 20.1 Å². The molecule has 0 spiro atoms. The number of nitrogens with one attached hydrogen (secondary N) is 1. The first-order valence-corrected chi connectivity index (χ1v) is 7.72. The smallest absolute Gasteiger partial charge is 0.322 e. The molecule has 0 aromatic heterocycles. The normalized spacial score (nSPS) is 21.0. The number of aliphatic carboxylic acids is 1. The van der Waals surface area contributed by atoms with Crippen LogP contribution in [-0.2, 0) is 9.59 Å². The van der Waals surface area contributed by atoms with Crippen molar-refractivity contribution in [1.29, 1.82) is 0 Å². The molecular formula is C17H24N2O3. The summed E-state index contributed by atoms with van der Waals surface area (Å²) in [7, 11) is 1.94. The zero-order chi connectivity index (χ0) is 16.1. The van der Waals surface area contributed by atoms with Crippen LogP contribution >= 0.6 is 0 Å². The maximum atomic E-state index is 11.8. The minimum atomic E-state index is -1.02. The Labute approximate surface area is 131 Å². The fraction of sp³-hybridized carbons (Fsp3) is 0.529. The number of benzene rings is 1. The van der Waals surface area contributed by atoms with E-state index in [1.54, 1.807) is 0 Å². The molecule has 0 aliphatic heterocycles. The Kier molecular flexibility index (Phi) is 5.55. The first-order chi connectivity index (χ1) is 10.5. The Morgan fingerprint density at radius 2 is 1.95 bits per heavy atom. The Balaban J connectivity index is 1.96. The van der Waals surface area contributed by atoms with Crippen molar-refractivity contribution >= 4 is 11.9 Å². The van der Waals surface area contributed by atoms with Crippen LogP contribution in [0.3, 0.4) is 0 Å². The maximum absolute atomic E-state index is 11.8. The number of hydrogen-bond donors (Lipinski definition) is 2. The SMILES string of the molecule is Cc1ccc(C2CCCC2N(C)CC(=O)NCC(=O)O)cc1. The fourth-order valence-corrected chi connectivity index (χ4v) is 3.24. The van der Waals surface area contributed by atoms with Gasteiger partial charge in [0.25, 0.3) is 0 Å². The predicted octanol–water partition coefficient (Wildman–Crippen LogP) is 1.76. The molecule has 1 aromatic rings. The van der Waals surface area contributed by atoms with E-state index in [1.165, 1.54) is 11.1 Å². The molecule has 1 saturated carbocycles. The molecule has 1 fully saturated rings. The van der Waals surface area contributed by atoms with Crippen molar-refractivity contribution in [2.45, 2.75) is 38.1 Å². The van der Waals surface area contributed by atoms with E-state index in [4.69, 9.17) is 5.11 Å². The topological polar surface area (TPSA) is 69.6 Å². The number of amides is 1. The van der Waals surface area contributed by atoms with Gasteiger partial charge in [-0.25, -0.2) is 0 Å². The molecule has 1 amide bonds. The summed E-state index contributed by atoms with van der Waals surface area (Å²) >= 11 is 0. The molecule has 2 N–H and O–H groups in total. The van der Waals surface area contributed by atoms with Crippen molar-refractivity contribution in [3.63, 3.8) is 0 Å². The molecule has 22 heavy (non-hydrogen) atoms. The average Bonchev–Trinajstić information content (AvgIpc) is 2.95. The van der Waals surface area contributed by atoms with Gasteiger partial charge in [-0.3, -0.25) is 14.5 Å². The Morgan fingerprint density at radius 1 is 1.27 bits per heavy atom. The number of carboxylic acid groups (broad SMARTS) is 1. The second-order valence-electron chi connectivity index (χ2n) is 6.10. The second-order valence-corrected chi connectivity index (χ2v) is 6.10. The van der Waals surface area contributed by atoms with E-state index >= 15 is 0 Å². The lowest BCUT2D eigenvalue weighted by atomic mass is 9.92. The molecule has 1 aromatic carbocycles. The highest BCUT2D eigenvalue weighted by Crippen LogP contribution is 2.37. The summed E-state index contributed by atoms with van der Waals surface area (Å²) in [5.74, 6) is -0.813. The fourth-order valence-electron chi connectivity index (χ4n) is 3.24.